The number of pyridine rings is 1. The van der Waals surface area contributed by atoms with Gasteiger partial charge in [0.05, 0.1) is 4.92 Å². The Morgan fingerprint density at radius 1 is 1.32 bits per heavy atom. The normalized spacial score (nSPS) is 23.0. The molecule has 1 aromatic rings. The van der Waals surface area contributed by atoms with Crippen molar-refractivity contribution >= 4 is 17.3 Å². The van der Waals surface area contributed by atoms with Gasteiger partial charge >= 0.3 is 5.69 Å². The van der Waals surface area contributed by atoms with E-state index in [0.29, 0.717) is 17.9 Å². The summed E-state index contributed by atoms with van der Waals surface area (Å²) in [6, 6.07) is 3.95. The van der Waals surface area contributed by atoms with Crippen LogP contribution in [0.25, 0.3) is 0 Å². The Morgan fingerprint density at radius 2 is 1.95 bits per heavy atom. The summed E-state index contributed by atoms with van der Waals surface area (Å²) in [5, 5.41) is 17.2. The monoisotopic (exact) mass is 265 g/mol. The van der Waals surface area contributed by atoms with Gasteiger partial charge in [-0.2, -0.15) is 0 Å². The number of nitro groups is 1. The maximum Gasteiger partial charge on any atom is 0.311 e. The molecule has 0 amide bonds. The topological polar surface area (TPSA) is 106 Å². The number of anilines is 2. The van der Waals surface area contributed by atoms with Crippen LogP contribution in [0.4, 0.5) is 17.3 Å². The van der Waals surface area contributed by atoms with Crippen LogP contribution in [0.3, 0.4) is 0 Å². The highest BCUT2D eigenvalue weighted by Crippen LogP contribution is 2.24. The highest BCUT2D eigenvalue weighted by Gasteiger charge is 2.20. The third-order valence-corrected chi connectivity index (χ3v) is 3.59. The Hall–Kier alpha value is -1.89. The highest BCUT2D eigenvalue weighted by molar-refractivity contribution is 5.57. The molecular formula is C12H19N5O2. The molecule has 1 saturated carbocycles. The first-order valence-corrected chi connectivity index (χ1v) is 6.45. The van der Waals surface area contributed by atoms with Crippen molar-refractivity contribution in [3.8, 4) is 0 Å². The van der Waals surface area contributed by atoms with Crippen molar-refractivity contribution in [2.75, 3.05) is 18.1 Å². The first kappa shape index (κ1) is 13.5. The smallest absolute Gasteiger partial charge is 0.311 e. The lowest BCUT2D eigenvalue weighted by Crippen LogP contribution is -2.35. The maximum atomic E-state index is 10.7. The van der Waals surface area contributed by atoms with E-state index in [2.05, 4.69) is 15.6 Å². The Balaban J connectivity index is 1.97. The highest BCUT2D eigenvalue weighted by atomic mass is 16.6. The van der Waals surface area contributed by atoms with Gasteiger partial charge in [-0.3, -0.25) is 10.1 Å². The van der Waals surface area contributed by atoms with E-state index in [4.69, 9.17) is 5.73 Å². The summed E-state index contributed by atoms with van der Waals surface area (Å²) in [5.41, 5.74) is 5.42. The number of aromatic nitrogens is 1. The zero-order chi connectivity index (χ0) is 13.8. The minimum atomic E-state index is -0.524. The molecule has 0 aromatic carbocycles. The fourth-order valence-corrected chi connectivity index (χ4v) is 2.44. The van der Waals surface area contributed by atoms with Crippen LogP contribution in [-0.4, -0.2) is 29.0 Å². The van der Waals surface area contributed by atoms with Crippen molar-refractivity contribution in [2.45, 2.75) is 37.8 Å². The molecule has 104 valence electrons. The summed E-state index contributed by atoms with van der Waals surface area (Å²) in [6.07, 6.45) is 4.36. The summed E-state index contributed by atoms with van der Waals surface area (Å²) in [7, 11) is 1.98. The number of nitrogens with one attached hydrogen (secondary N) is 2. The summed E-state index contributed by atoms with van der Waals surface area (Å²) in [4.78, 5) is 14.2. The van der Waals surface area contributed by atoms with E-state index in [1.54, 1.807) is 6.07 Å². The van der Waals surface area contributed by atoms with Crippen LogP contribution < -0.4 is 16.4 Å². The van der Waals surface area contributed by atoms with Gasteiger partial charge in [-0.1, -0.05) is 0 Å². The van der Waals surface area contributed by atoms with Gasteiger partial charge in [-0.15, -0.1) is 0 Å². The van der Waals surface area contributed by atoms with Gasteiger partial charge in [-0.25, -0.2) is 4.98 Å². The fraction of sp³-hybridized carbons (Fsp3) is 0.583. The molecular weight excluding hydrogens is 246 g/mol. The van der Waals surface area contributed by atoms with Gasteiger partial charge in [0, 0.05) is 18.2 Å². The van der Waals surface area contributed by atoms with Crippen LogP contribution in [0.2, 0.25) is 0 Å². The Bertz CT molecular complexity index is 457. The van der Waals surface area contributed by atoms with Crippen LogP contribution in [0, 0.1) is 10.1 Å². The maximum absolute atomic E-state index is 10.7. The van der Waals surface area contributed by atoms with E-state index in [1.165, 1.54) is 6.07 Å². The second-order valence-corrected chi connectivity index (χ2v) is 4.84. The zero-order valence-corrected chi connectivity index (χ0v) is 10.9. The molecule has 2 rings (SSSR count). The largest absolute Gasteiger partial charge is 0.378 e. The number of nitrogens with two attached hydrogens (primary N) is 1. The number of hydrogen-bond acceptors (Lipinski definition) is 6. The summed E-state index contributed by atoms with van der Waals surface area (Å²) in [5.74, 6) is 0.565. The molecule has 1 aliphatic carbocycles. The van der Waals surface area contributed by atoms with Crippen molar-refractivity contribution < 1.29 is 4.92 Å². The van der Waals surface area contributed by atoms with Crippen molar-refractivity contribution in [2.24, 2.45) is 0 Å². The molecule has 7 heteroatoms. The average molecular weight is 265 g/mol. The average Bonchev–Trinajstić information content (AvgIpc) is 2.39. The molecule has 1 aliphatic rings. The molecule has 1 fully saturated rings. The first-order chi connectivity index (χ1) is 9.10. The van der Waals surface area contributed by atoms with E-state index in [0.717, 1.165) is 25.7 Å². The van der Waals surface area contributed by atoms with Gasteiger partial charge in [0.2, 0.25) is 5.82 Å². The molecule has 0 unspecified atom stereocenters. The third kappa shape index (κ3) is 3.31. The van der Waals surface area contributed by atoms with Gasteiger partial charge < -0.3 is 16.4 Å². The third-order valence-electron chi connectivity index (χ3n) is 3.59. The minimum absolute atomic E-state index is 0.0427. The van der Waals surface area contributed by atoms with Gasteiger partial charge in [-0.05, 0) is 38.8 Å². The molecule has 19 heavy (non-hydrogen) atoms. The van der Waals surface area contributed by atoms with Crippen LogP contribution in [-0.2, 0) is 0 Å². The molecule has 4 N–H and O–H groups in total. The zero-order valence-electron chi connectivity index (χ0n) is 10.9. The second kappa shape index (κ2) is 5.83. The van der Waals surface area contributed by atoms with E-state index in [9.17, 15) is 10.1 Å². The summed E-state index contributed by atoms with van der Waals surface area (Å²) in [6.45, 7) is 0. The molecule has 0 radical (unpaired) electrons. The number of rotatable bonds is 4. The summed E-state index contributed by atoms with van der Waals surface area (Å²) < 4.78 is 0. The lowest BCUT2D eigenvalue weighted by atomic mass is 9.91. The van der Waals surface area contributed by atoms with Gasteiger partial charge in [0.25, 0.3) is 0 Å². The van der Waals surface area contributed by atoms with E-state index in [-0.39, 0.29) is 11.5 Å². The first-order valence-electron chi connectivity index (χ1n) is 6.45. The summed E-state index contributed by atoms with van der Waals surface area (Å²) >= 11 is 0. The van der Waals surface area contributed by atoms with E-state index in [1.807, 2.05) is 7.05 Å². The van der Waals surface area contributed by atoms with Crippen LogP contribution in [0.15, 0.2) is 12.1 Å². The van der Waals surface area contributed by atoms with Gasteiger partial charge in [0.1, 0.15) is 5.82 Å². The Morgan fingerprint density at radius 3 is 2.47 bits per heavy atom. The fourth-order valence-electron chi connectivity index (χ4n) is 2.44. The van der Waals surface area contributed by atoms with Crippen molar-refractivity contribution in [3.05, 3.63) is 22.2 Å². The molecule has 0 bridgehead atoms. The number of hydrogen-bond donors (Lipinski definition) is 3. The second-order valence-electron chi connectivity index (χ2n) is 4.84. The Kier molecular flexibility index (Phi) is 4.16. The standard InChI is InChI=1S/C12H19N5O2/c1-14-8-2-4-9(5-3-8)15-11-7-6-10(17(18)19)12(13)16-11/h6-9,14H,2-5H2,1H3,(H3,13,15,16). The molecule has 7 nitrogen and oxygen atoms in total. The lowest BCUT2D eigenvalue weighted by molar-refractivity contribution is -0.384. The molecule has 1 heterocycles. The molecule has 0 spiro atoms. The van der Waals surface area contributed by atoms with Gasteiger partial charge in [0.15, 0.2) is 0 Å². The van der Waals surface area contributed by atoms with Crippen LogP contribution in [0.1, 0.15) is 25.7 Å². The van der Waals surface area contributed by atoms with Crippen LogP contribution in [0.5, 0.6) is 0 Å². The van der Waals surface area contributed by atoms with Crippen molar-refractivity contribution in [1.82, 2.24) is 10.3 Å². The molecule has 0 atom stereocenters. The number of nitrogens with zero attached hydrogens (tertiary/aromatic N) is 2. The predicted molar refractivity (Wildman–Crippen MR) is 74.0 cm³/mol. The van der Waals surface area contributed by atoms with Crippen molar-refractivity contribution in [1.29, 1.82) is 0 Å². The predicted octanol–water partition coefficient (Wildman–Crippen LogP) is 1.51. The Labute approximate surface area is 111 Å². The molecule has 0 aliphatic heterocycles. The molecule has 0 saturated heterocycles. The van der Waals surface area contributed by atoms with E-state index >= 15 is 0 Å². The molecule has 1 aromatic heterocycles. The lowest BCUT2D eigenvalue weighted by Gasteiger charge is -2.29. The van der Waals surface area contributed by atoms with E-state index < -0.39 is 4.92 Å². The minimum Gasteiger partial charge on any atom is -0.378 e. The van der Waals surface area contributed by atoms with Crippen LogP contribution >= 0.6 is 0 Å². The SMILES string of the molecule is CNC1CCC(Nc2ccc([N+](=O)[O-])c(N)n2)CC1. The quantitative estimate of drug-likeness (QED) is 0.563. The number of nitrogen functional groups attached to an aromatic ring is 1. The van der Waals surface area contributed by atoms with Crippen molar-refractivity contribution in [3.63, 3.8) is 0 Å².